The Morgan fingerprint density at radius 3 is 1.81 bits per heavy atom. The van der Waals surface area contributed by atoms with Gasteiger partial charge in [-0.05, 0) is 18.2 Å². The van der Waals surface area contributed by atoms with Gasteiger partial charge in [0.1, 0.15) is 0 Å². The van der Waals surface area contributed by atoms with Crippen molar-refractivity contribution in [1.82, 2.24) is 0 Å². The van der Waals surface area contributed by atoms with E-state index >= 15 is 0 Å². The zero-order valence-corrected chi connectivity index (χ0v) is 17.7. The van der Waals surface area contributed by atoms with Crippen LogP contribution in [0.15, 0.2) is 12.1 Å². The zero-order chi connectivity index (χ0) is 15.4. The Morgan fingerprint density at radius 1 is 1.14 bits per heavy atom. The van der Waals surface area contributed by atoms with Crippen LogP contribution in [0.25, 0.3) is 0 Å². The first-order chi connectivity index (χ1) is 8.43. The molecule has 0 aliphatic carbocycles. The SMILES string of the molecule is C[As](=O)([O-])O.Cc1cc([N+](=O)[O-])cc([N+](=O)[O-])c1[O-].[Na+].[Na+]. The molecule has 0 fully saturated rings. The Morgan fingerprint density at radius 2 is 1.52 bits per heavy atom. The van der Waals surface area contributed by atoms with Gasteiger partial charge in [0.2, 0.25) is 0 Å². The van der Waals surface area contributed by atoms with Crippen LogP contribution in [0.4, 0.5) is 11.4 Å². The number of hydrogen-bond donors (Lipinski definition) is 1. The topological polar surface area (TPSA) is 170 Å². The number of hydrogen-bond acceptors (Lipinski definition) is 7. The second-order valence-corrected chi connectivity index (χ2v) is 6.80. The summed E-state index contributed by atoms with van der Waals surface area (Å²) in [5.41, 5.74) is -0.422. The van der Waals surface area contributed by atoms with Gasteiger partial charge in [-0.25, -0.2) is 0 Å². The summed E-state index contributed by atoms with van der Waals surface area (Å²) in [6.45, 7) is 1.29. The first-order valence-corrected chi connectivity index (χ1v) is 8.80. The second-order valence-electron chi connectivity index (χ2n) is 3.43. The molecule has 0 radical (unpaired) electrons. The minimum Gasteiger partial charge on any atom is -0.868 e. The maximum absolute atomic E-state index is 11.1. The number of aryl methyl sites for hydroxylation is 1. The molecule has 0 aliphatic heterocycles. The third-order valence-corrected chi connectivity index (χ3v) is 1.65. The van der Waals surface area contributed by atoms with Gasteiger partial charge in [0.05, 0.1) is 15.9 Å². The summed E-state index contributed by atoms with van der Waals surface area (Å²) in [6, 6.07) is 1.67. The first-order valence-electron chi connectivity index (χ1n) is 4.55. The molecule has 0 bridgehead atoms. The largest absolute Gasteiger partial charge is 1.00 e. The van der Waals surface area contributed by atoms with Crippen LogP contribution in [0.5, 0.6) is 5.75 Å². The number of rotatable bonds is 2. The fourth-order valence-electron chi connectivity index (χ4n) is 0.978. The van der Waals surface area contributed by atoms with Crippen molar-refractivity contribution >= 4 is 25.5 Å². The quantitative estimate of drug-likeness (QED) is 0.299. The third-order valence-electron chi connectivity index (χ3n) is 1.65. The fourth-order valence-corrected chi connectivity index (χ4v) is 0.978. The summed E-state index contributed by atoms with van der Waals surface area (Å²) in [5, 5.41) is 31.8. The Kier molecular flexibility index (Phi) is 13.3. The maximum Gasteiger partial charge on any atom is 1.00 e. The number of benzene rings is 1. The molecule has 1 atom stereocenters. The third kappa shape index (κ3) is 11.3. The average Bonchev–Trinajstić information content (AvgIpc) is 2.18. The molecular weight excluding hydrogens is 373 g/mol. The Balaban J connectivity index is -0.000000405. The summed E-state index contributed by atoms with van der Waals surface area (Å²) in [5.74, 6) is -0.791. The monoisotopic (exact) mass is 382 g/mol. The van der Waals surface area contributed by atoms with Gasteiger partial charge >= 0.3 is 90.9 Å². The molecule has 1 rings (SSSR count). The Bertz CT molecular complexity index is 553. The van der Waals surface area contributed by atoms with Crippen LogP contribution in [0, 0.1) is 27.2 Å². The van der Waals surface area contributed by atoms with E-state index in [9.17, 15) is 33.2 Å². The molecule has 1 N–H and O–H groups in total. The minimum atomic E-state index is -4.38. The summed E-state index contributed by atoms with van der Waals surface area (Å²) in [6.07, 6.45) is 0. The van der Waals surface area contributed by atoms with Crippen molar-refractivity contribution in [2.75, 3.05) is 0 Å². The van der Waals surface area contributed by atoms with Crippen LogP contribution in [-0.4, -0.2) is 28.1 Å². The summed E-state index contributed by atoms with van der Waals surface area (Å²) in [4.78, 5) is 18.9. The molecule has 1 aromatic carbocycles. The van der Waals surface area contributed by atoms with Crippen molar-refractivity contribution in [3.05, 3.63) is 37.9 Å². The molecule has 1 aromatic rings. The number of nitro benzene ring substituents is 2. The van der Waals surface area contributed by atoms with Gasteiger partial charge in [-0.2, -0.15) is 0 Å². The predicted octanol–water partition coefficient (Wildman–Crippen LogP) is -6.77. The molecule has 0 saturated heterocycles. The molecule has 1 unspecified atom stereocenters. The molecule has 0 aliphatic rings. The summed E-state index contributed by atoms with van der Waals surface area (Å²) in [7, 11) is 0. The van der Waals surface area contributed by atoms with Crippen molar-refractivity contribution in [3.8, 4) is 5.75 Å². The van der Waals surface area contributed by atoms with Gasteiger partial charge in [-0.15, -0.1) is 0 Å². The van der Waals surface area contributed by atoms with E-state index in [1.54, 1.807) is 0 Å². The smallest absolute Gasteiger partial charge is 0.868 e. The molecule has 106 valence electrons. The fraction of sp³-hybridized carbons (Fsp3) is 0.250. The van der Waals surface area contributed by atoms with Crippen molar-refractivity contribution in [3.63, 3.8) is 0 Å². The molecule has 0 aromatic heterocycles. The van der Waals surface area contributed by atoms with Gasteiger partial charge in [-0.1, -0.05) is 0 Å². The van der Waals surface area contributed by atoms with Crippen LogP contribution in [0.1, 0.15) is 5.56 Å². The van der Waals surface area contributed by atoms with E-state index in [2.05, 4.69) is 0 Å². The van der Waals surface area contributed by atoms with Crippen LogP contribution >= 0.6 is 0 Å². The standard InChI is InChI=1S/C7H6N2O5.CH5AsO3.2Na/c1-4-2-5(8(11)12)3-6(7(4)10)9(13)14;1-2(3,4)5;;/h2-3,10H,1H3;1H3,(H2,3,4,5);;/q;;2*+1/p-2. The number of nitrogens with zero attached hydrogens (tertiary/aromatic N) is 2. The van der Waals surface area contributed by atoms with Gasteiger partial charge in [0.15, 0.2) is 0 Å². The van der Waals surface area contributed by atoms with Crippen molar-refractivity contribution in [2.24, 2.45) is 0 Å². The van der Waals surface area contributed by atoms with E-state index in [0.717, 1.165) is 11.8 Å². The summed E-state index contributed by atoms with van der Waals surface area (Å²) >= 11 is -4.38. The number of nitro groups is 2. The summed E-state index contributed by atoms with van der Waals surface area (Å²) < 4.78 is 26.1. The van der Waals surface area contributed by atoms with Crippen LogP contribution in [-0.2, 0) is 3.74 Å². The molecule has 21 heavy (non-hydrogen) atoms. The average molecular weight is 382 g/mol. The van der Waals surface area contributed by atoms with E-state index in [4.69, 9.17) is 4.10 Å². The van der Waals surface area contributed by atoms with E-state index in [1.807, 2.05) is 0 Å². The second kappa shape index (κ2) is 10.8. The van der Waals surface area contributed by atoms with Crippen molar-refractivity contribution < 1.29 is 86.0 Å². The van der Waals surface area contributed by atoms with Crippen LogP contribution in [0.2, 0.25) is 5.71 Å². The molecule has 10 nitrogen and oxygen atoms in total. The van der Waals surface area contributed by atoms with E-state index in [1.165, 1.54) is 6.92 Å². The Hall–Kier alpha value is 0.0984. The molecule has 0 saturated carbocycles. The van der Waals surface area contributed by atoms with E-state index < -0.39 is 41.1 Å². The van der Waals surface area contributed by atoms with Gasteiger partial charge < -0.3 is 5.11 Å². The predicted molar refractivity (Wildman–Crippen MR) is 58.5 cm³/mol. The normalized spacial score (nSPS) is 11.6. The van der Waals surface area contributed by atoms with E-state index in [-0.39, 0.29) is 64.7 Å². The number of non-ortho nitro benzene ring substituents is 1. The van der Waals surface area contributed by atoms with E-state index in [0.29, 0.717) is 6.07 Å². The first kappa shape index (κ1) is 26.0. The van der Waals surface area contributed by atoms with Gasteiger partial charge in [-0.3, -0.25) is 20.2 Å². The minimum absolute atomic E-state index is 0. The molecule has 0 heterocycles. The van der Waals surface area contributed by atoms with Crippen LogP contribution in [0.3, 0.4) is 0 Å². The maximum atomic E-state index is 11.1. The van der Waals surface area contributed by atoms with Crippen molar-refractivity contribution in [2.45, 2.75) is 12.6 Å². The van der Waals surface area contributed by atoms with Crippen LogP contribution < -0.4 is 68.3 Å². The zero-order valence-electron chi connectivity index (χ0n) is 11.8. The Labute approximate surface area is 166 Å². The molecule has 13 heteroatoms. The van der Waals surface area contributed by atoms with Crippen molar-refractivity contribution in [1.29, 1.82) is 0 Å². The van der Waals surface area contributed by atoms with Gasteiger partial charge in [0, 0.05) is 6.07 Å². The molecule has 0 amide bonds. The van der Waals surface area contributed by atoms with Gasteiger partial charge in [0.25, 0.3) is 11.4 Å². The molecular formula is C8H9AsN2Na2O8. The molecule has 0 spiro atoms.